The second-order valence-corrected chi connectivity index (χ2v) is 8.94. The number of carbonyl (C=O) groups excluding carboxylic acids is 2. The molecule has 2 fully saturated rings. The third-order valence-electron chi connectivity index (χ3n) is 5.84. The number of thioether (sulfide) groups is 1. The largest absolute Gasteiger partial charge is 0.342 e. The zero-order chi connectivity index (χ0) is 20.1. The van der Waals surface area contributed by atoms with Gasteiger partial charge in [-0.05, 0) is 42.2 Å². The minimum Gasteiger partial charge on any atom is -0.342 e. The Hall–Kier alpha value is -2.05. The summed E-state index contributed by atoms with van der Waals surface area (Å²) in [7, 11) is 0. The van der Waals surface area contributed by atoms with Gasteiger partial charge < -0.3 is 9.80 Å². The highest BCUT2D eigenvalue weighted by molar-refractivity contribution is 8.00. The van der Waals surface area contributed by atoms with Gasteiger partial charge in [-0.1, -0.05) is 30.3 Å². The van der Waals surface area contributed by atoms with Crippen molar-refractivity contribution in [3.8, 4) is 0 Å². The number of benzene rings is 2. The SMILES string of the molecule is O=C(CSc1ccc2ccccc2c1)N1CCCN(CC(=O)N2CCCC2)CC1. The molecule has 2 aromatic carbocycles. The molecule has 0 unspecified atom stereocenters. The van der Waals surface area contributed by atoms with E-state index in [0.717, 1.165) is 56.9 Å². The zero-order valence-corrected chi connectivity index (χ0v) is 17.7. The smallest absolute Gasteiger partial charge is 0.236 e. The predicted octanol–water partition coefficient (Wildman–Crippen LogP) is 3.09. The molecule has 0 bridgehead atoms. The maximum atomic E-state index is 12.7. The number of hydrogen-bond donors (Lipinski definition) is 0. The minimum atomic E-state index is 0.191. The molecule has 154 valence electrons. The van der Waals surface area contributed by atoms with Crippen molar-refractivity contribution in [2.45, 2.75) is 24.2 Å². The summed E-state index contributed by atoms with van der Waals surface area (Å²) in [4.78, 5) is 32.4. The Morgan fingerprint density at radius 2 is 1.48 bits per heavy atom. The quantitative estimate of drug-likeness (QED) is 0.710. The van der Waals surface area contributed by atoms with E-state index in [4.69, 9.17) is 0 Å². The van der Waals surface area contributed by atoms with Gasteiger partial charge in [0.25, 0.3) is 0 Å². The third-order valence-corrected chi connectivity index (χ3v) is 6.82. The van der Waals surface area contributed by atoms with Crippen molar-refractivity contribution in [1.82, 2.24) is 14.7 Å². The van der Waals surface area contributed by atoms with Crippen molar-refractivity contribution >= 4 is 34.3 Å². The normalized spacial score (nSPS) is 18.2. The molecule has 0 saturated carbocycles. The lowest BCUT2D eigenvalue weighted by molar-refractivity contribution is -0.131. The summed E-state index contributed by atoms with van der Waals surface area (Å²) in [6.07, 6.45) is 3.19. The Balaban J connectivity index is 1.26. The van der Waals surface area contributed by atoms with Crippen LogP contribution in [0.2, 0.25) is 0 Å². The fourth-order valence-electron chi connectivity index (χ4n) is 4.13. The number of likely N-dealkylation sites (tertiary alicyclic amines) is 1. The minimum absolute atomic E-state index is 0.191. The first-order valence-electron chi connectivity index (χ1n) is 10.6. The van der Waals surface area contributed by atoms with Crippen LogP contribution in [0.1, 0.15) is 19.3 Å². The van der Waals surface area contributed by atoms with Crippen LogP contribution >= 0.6 is 11.8 Å². The van der Waals surface area contributed by atoms with Crippen molar-refractivity contribution in [1.29, 1.82) is 0 Å². The molecule has 0 N–H and O–H groups in total. The molecule has 2 aliphatic rings. The molecular formula is C23H29N3O2S. The lowest BCUT2D eigenvalue weighted by atomic mass is 10.1. The van der Waals surface area contributed by atoms with Crippen LogP contribution in [0.3, 0.4) is 0 Å². The fourth-order valence-corrected chi connectivity index (χ4v) is 4.98. The summed E-state index contributed by atoms with van der Waals surface area (Å²) in [6, 6.07) is 14.7. The van der Waals surface area contributed by atoms with Crippen LogP contribution in [0.15, 0.2) is 47.4 Å². The highest BCUT2D eigenvalue weighted by atomic mass is 32.2. The molecule has 2 aliphatic heterocycles. The van der Waals surface area contributed by atoms with E-state index in [1.165, 1.54) is 10.8 Å². The zero-order valence-electron chi connectivity index (χ0n) is 16.9. The van der Waals surface area contributed by atoms with Gasteiger partial charge in [0.2, 0.25) is 11.8 Å². The molecule has 0 aromatic heterocycles. The molecule has 2 saturated heterocycles. The highest BCUT2D eigenvalue weighted by Crippen LogP contribution is 2.24. The summed E-state index contributed by atoms with van der Waals surface area (Å²) >= 11 is 1.61. The Labute approximate surface area is 177 Å². The van der Waals surface area contributed by atoms with Crippen molar-refractivity contribution in [3.63, 3.8) is 0 Å². The van der Waals surface area contributed by atoms with E-state index in [1.807, 2.05) is 21.9 Å². The Kier molecular flexibility index (Phi) is 6.72. The summed E-state index contributed by atoms with van der Waals surface area (Å²) < 4.78 is 0. The summed E-state index contributed by atoms with van der Waals surface area (Å²) in [5, 5.41) is 2.43. The monoisotopic (exact) mass is 411 g/mol. The molecule has 0 spiro atoms. The summed E-state index contributed by atoms with van der Waals surface area (Å²) in [6.45, 7) is 5.48. The second-order valence-electron chi connectivity index (χ2n) is 7.90. The first-order valence-corrected chi connectivity index (χ1v) is 11.6. The number of fused-ring (bicyclic) bond motifs is 1. The number of carbonyl (C=O) groups is 2. The maximum absolute atomic E-state index is 12.7. The lowest BCUT2D eigenvalue weighted by Crippen LogP contribution is -2.41. The van der Waals surface area contributed by atoms with Crippen LogP contribution in [-0.4, -0.2) is 78.1 Å². The molecule has 0 aliphatic carbocycles. The van der Waals surface area contributed by atoms with Crippen molar-refractivity contribution in [2.75, 3.05) is 51.6 Å². The van der Waals surface area contributed by atoms with Gasteiger partial charge in [-0.2, -0.15) is 0 Å². The molecule has 4 rings (SSSR count). The van der Waals surface area contributed by atoms with Crippen LogP contribution in [0.4, 0.5) is 0 Å². The number of hydrogen-bond acceptors (Lipinski definition) is 4. The molecule has 0 radical (unpaired) electrons. The van der Waals surface area contributed by atoms with Gasteiger partial charge in [0.15, 0.2) is 0 Å². The van der Waals surface area contributed by atoms with Gasteiger partial charge in [0.1, 0.15) is 0 Å². The van der Waals surface area contributed by atoms with Gasteiger partial charge in [0.05, 0.1) is 12.3 Å². The van der Waals surface area contributed by atoms with Gasteiger partial charge in [-0.25, -0.2) is 0 Å². The number of amides is 2. The predicted molar refractivity (Wildman–Crippen MR) is 118 cm³/mol. The van der Waals surface area contributed by atoms with Crippen LogP contribution < -0.4 is 0 Å². The van der Waals surface area contributed by atoms with Gasteiger partial charge in [-0.15, -0.1) is 11.8 Å². The van der Waals surface area contributed by atoms with Gasteiger partial charge in [0, 0.05) is 44.2 Å². The average molecular weight is 412 g/mol. The van der Waals surface area contributed by atoms with Gasteiger partial charge in [-0.3, -0.25) is 14.5 Å². The first-order chi connectivity index (χ1) is 14.2. The van der Waals surface area contributed by atoms with E-state index < -0.39 is 0 Å². The molecule has 6 heteroatoms. The van der Waals surface area contributed by atoms with E-state index in [9.17, 15) is 9.59 Å². The topological polar surface area (TPSA) is 43.9 Å². The average Bonchev–Trinajstić information content (AvgIpc) is 3.19. The van der Waals surface area contributed by atoms with E-state index in [1.54, 1.807) is 11.8 Å². The van der Waals surface area contributed by atoms with E-state index in [-0.39, 0.29) is 11.8 Å². The standard InChI is InChI=1S/C23H29N3O2S/c27-22(25-11-3-4-12-25)17-24-10-5-13-26(15-14-24)23(28)18-29-21-9-8-19-6-1-2-7-20(19)16-21/h1-2,6-9,16H,3-5,10-15,17-18H2. The molecule has 0 atom stereocenters. The number of nitrogens with zero attached hydrogens (tertiary/aromatic N) is 3. The molecule has 2 amide bonds. The maximum Gasteiger partial charge on any atom is 0.236 e. The number of rotatable bonds is 5. The van der Waals surface area contributed by atoms with Crippen molar-refractivity contribution in [3.05, 3.63) is 42.5 Å². The molecule has 2 aromatic rings. The van der Waals surface area contributed by atoms with E-state index in [2.05, 4.69) is 35.2 Å². The molecule has 5 nitrogen and oxygen atoms in total. The third kappa shape index (κ3) is 5.31. The van der Waals surface area contributed by atoms with E-state index in [0.29, 0.717) is 18.8 Å². The Bertz CT molecular complexity index is 866. The van der Waals surface area contributed by atoms with Crippen LogP contribution in [-0.2, 0) is 9.59 Å². The van der Waals surface area contributed by atoms with Crippen molar-refractivity contribution < 1.29 is 9.59 Å². The first kappa shape index (κ1) is 20.2. The van der Waals surface area contributed by atoms with Crippen LogP contribution in [0.25, 0.3) is 10.8 Å². The molecule has 29 heavy (non-hydrogen) atoms. The molecule has 2 heterocycles. The lowest BCUT2D eigenvalue weighted by Gasteiger charge is -2.24. The summed E-state index contributed by atoms with van der Waals surface area (Å²) in [5.74, 6) is 0.899. The Morgan fingerprint density at radius 1 is 0.759 bits per heavy atom. The fraction of sp³-hybridized carbons (Fsp3) is 0.478. The van der Waals surface area contributed by atoms with Crippen LogP contribution in [0, 0.1) is 0 Å². The Morgan fingerprint density at radius 3 is 2.31 bits per heavy atom. The van der Waals surface area contributed by atoms with Gasteiger partial charge >= 0.3 is 0 Å². The molecular weight excluding hydrogens is 382 g/mol. The van der Waals surface area contributed by atoms with Crippen LogP contribution in [0.5, 0.6) is 0 Å². The summed E-state index contributed by atoms with van der Waals surface area (Å²) in [5.41, 5.74) is 0. The van der Waals surface area contributed by atoms with E-state index >= 15 is 0 Å². The second kappa shape index (κ2) is 9.63. The van der Waals surface area contributed by atoms with Crippen molar-refractivity contribution in [2.24, 2.45) is 0 Å². The highest BCUT2D eigenvalue weighted by Gasteiger charge is 2.23.